The van der Waals surface area contributed by atoms with Gasteiger partial charge in [-0.1, -0.05) is 133 Å². The average Bonchev–Trinajstić information content (AvgIpc) is 3.23. The molecular formula is C47H43F3O6S. The van der Waals surface area contributed by atoms with Gasteiger partial charge in [-0.05, 0) is 83.5 Å². The molecule has 6 nitrogen and oxygen atoms in total. The highest BCUT2D eigenvalue weighted by Gasteiger charge is 2.49. The second-order valence-electron chi connectivity index (χ2n) is 13.2. The fourth-order valence-corrected chi connectivity index (χ4v) is 6.91. The Balaban J connectivity index is 0.000000202. The third kappa shape index (κ3) is 11.6. The quantitative estimate of drug-likeness (QED) is 0.0543. The van der Waals surface area contributed by atoms with E-state index < -0.39 is 21.7 Å². The highest BCUT2D eigenvalue weighted by molar-refractivity contribution is 7.87. The van der Waals surface area contributed by atoms with Crippen LogP contribution in [0.2, 0.25) is 0 Å². The molecule has 7 rings (SSSR count). The van der Waals surface area contributed by atoms with Crippen molar-refractivity contribution in [1.82, 2.24) is 0 Å². The second kappa shape index (κ2) is 19.9. The van der Waals surface area contributed by atoms with Crippen molar-refractivity contribution >= 4 is 37.9 Å². The van der Waals surface area contributed by atoms with Gasteiger partial charge in [0.2, 0.25) is 0 Å². The molecule has 0 bridgehead atoms. The van der Waals surface area contributed by atoms with Crippen LogP contribution in [0, 0.1) is 11.8 Å². The molecule has 3 atom stereocenters. The fraction of sp³-hybridized carbons (Fsp3) is 0.213. The Labute approximate surface area is 331 Å². The molecule has 1 aliphatic heterocycles. The van der Waals surface area contributed by atoms with Gasteiger partial charge in [0.1, 0.15) is 18.1 Å². The summed E-state index contributed by atoms with van der Waals surface area (Å²) in [4.78, 5) is 10.5. The number of allylic oxidation sites excluding steroid dienone is 1. The van der Waals surface area contributed by atoms with Gasteiger partial charge >= 0.3 is 15.6 Å². The van der Waals surface area contributed by atoms with Crippen LogP contribution in [-0.2, 0) is 19.0 Å². The van der Waals surface area contributed by atoms with Crippen molar-refractivity contribution in [2.45, 2.75) is 63.4 Å². The van der Waals surface area contributed by atoms with E-state index in [1.807, 2.05) is 153 Å². The lowest BCUT2D eigenvalue weighted by atomic mass is 9.89. The molecule has 0 amide bonds. The molecule has 0 radical (unpaired) electrons. The summed E-state index contributed by atoms with van der Waals surface area (Å²) in [5.74, 6) is 5.44. The Kier molecular flexibility index (Phi) is 14.8. The van der Waals surface area contributed by atoms with E-state index in [0.717, 1.165) is 45.6 Å². The van der Waals surface area contributed by atoms with Gasteiger partial charge < -0.3 is 14.0 Å². The molecule has 294 valence electrons. The Morgan fingerprint density at radius 2 is 1.37 bits per heavy atom. The largest absolute Gasteiger partial charge is 0.534 e. The van der Waals surface area contributed by atoms with Crippen LogP contribution < -0.4 is 0 Å². The second-order valence-corrected chi connectivity index (χ2v) is 14.8. The number of carbonyl (C=O) groups is 1. The maximum absolute atomic E-state index is 12.9. The molecule has 0 saturated carbocycles. The average molecular weight is 793 g/mol. The monoisotopic (exact) mass is 792 g/mol. The van der Waals surface area contributed by atoms with Gasteiger partial charge in [-0.15, -0.1) is 11.8 Å². The van der Waals surface area contributed by atoms with Crippen molar-refractivity contribution in [2.75, 3.05) is 0 Å². The number of halogens is 3. The zero-order chi connectivity index (χ0) is 40.8. The molecule has 1 saturated heterocycles. The van der Waals surface area contributed by atoms with E-state index >= 15 is 0 Å². The first-order chi connectivity index (χ1) is 27.4. The van der Waals surface area contributed by atoms with Gasteiger partial charge in [0.05, 0.1) is 12.2 Å². The summed E-state index contributed by atoms with van der Waals surface area (Å²) in [6.07, 6.45) is 1.74. The summed E-state index contributed by atoms with van der Waals surface area (Å²) in [5, 5.41) is 13.9. The van der Waals surface area contributed by atoms with E-state index in [4.69, 9.17) is 4.74 Å². The Morgan fingerprint density at radius 1 is 0.807 bits per heavy atom. The molecule has 10 heteroatoms. The predicted octanol–water partition coefficient (Wildman–Crippen LogP) is 11.7. The molecule has 0 spiro atoms. The molecule has 1 heterocycles. The minimum Gasteiger partial charge on any atom is -0.388 e. The van der Waals surface area contributed by atoms with Crippen molar-refractivity contribution in [2.24, 2.45) is 0 Å². The first-order valence-electron chi connectivity index (χ1n) is 18.4. The summed E-state index contributed by atoms with van der Waals surface area (Å²) in [6.45, 7) is 3.05. The van der Waals surface area contributed by atoms with Crippen molar-refractivity contribution < 1.29 is 40.4 Å². The van der Waals surface area contributed by atoms with Gasteiger partial charge in [-0.2, -0.15) is 21.6 Å². The van der Waals surface area contributed by atoms with Gasteiger partial charge in [0.25, 0.3) is 0 Å². The molecular weight excluding hydrogens is 750 g/mol. The Morgan fingerprint density at radius 3 is 1.96 bits per heavy atom. The van der Waals surface area contributed by atoms with Gasteiger partial charge in [0.15, 0.2) is 0 Å². The first kappa shape index (κ1) is 42.4. The molecule has 6 aromatic rings. The predicted molar refractivity (Wildman–Crippen MR) is 218 cm³/mol. The number of aliphatic hydroxyl groups excluding tert-OH is 1. The number of alkyl halides is 3. The van der Waals surface area contributed by atoms with Gasteiger partial charge in [-0.3, -0.25) is 4.79 Å². The van der Waals surface area contributed by atoms with Crippen LogP contribution >= 0.6 is 0 Å². The van der Waals surface area contributed by atoms with Crippen molar-refractivity contribution in [1.29, 1.82) is 0 Å². The van der Waals surface area contributed by atoms with Crippen molar-refractivity contribution in [3.8, 4) is 11.8 Å². The smallest absolute Gasteiger partial charge is 0.388 e. The van der Waals surface area contributed by atoms with Crippen LogP contribution in [0.15, 0.2) is 157 Å². The fourth-order valence-electron chi connectivity index (χ4n) is 6.38. The van der Waals surface area contributed by atoms with Gasteiger partial charge in [-0.25, -0.2) is 0 Å². The number of hydrogen-bond acceptors (Lipinski definition) is 6. The van der Waals surface area contributed by atoms with Crippen LogP contribution in [0.25, 0.3) is 21.5 Å². The van der Waals surface area contributed by atoms with Crippen LogP contribution in [0.1, 0.15) is 84.9 Å². The van der Waals surface area contributed by atoms with Crippen LogP contribution in [-0.4, -0.2) is 25.3 Å². The highest BCUT2D eigenvalue weighted by Crippen LogP contribution is 2.44. The standard InChI is InChI=1S/C24H21F3O4S.C12H14O.C11H8O/c1-16(31-32(28,29)24(25,26)27)21-13-14-22(18-8-3-2-4-9-18)30-23(21)20-12-11-17-7-5-6-10-19(17)15-20;1-2-3-5-10-12(13)11-8-6-4-7-9-11;12-8-9-5-6-10-3-1-2-4-11(10)7-9/h2-12,15,22-23H,13-14H2,1H3;4,6-9,12-13H,5,10H2,1H3;1-8H/b21-16+;;/t22-,23-;;/m0../s1. The summed E-state index contributed by atoms with van der Waals surface area (Å²) in [6, 6.07) is 46.2. The number of hydrogen-bond donors (Lipinski definition) is 1. The number of ether oxygens (including phenoxy) is 1. The zero-order valence-corrected chi connectivity index (χ0v) is 32.3. The normalized spacial score (nSPS) is 16.7. The maximum atomic E-state index is 12.9. The minimum absolute atomic E-state index is 0.288. The third-order valence-corrected chi connectivity index (χ3v) is 10.4. The number of aldehydes is 1. The molecule has 0 aliphatic carbocycles. The van der Waals surface area contributed by atoms with Crippen molar-refractivity contribution in [3.05, 3.63) is 179 Å². The molecule has 6 aromatic carbocycles. The first-order valence-corrected chi connectivity index (χ1v) is 19.8. The molecule has 57 heavy (non-hydrogen) atoms. The summed E-state index contributed by atoms with van der Waals surface area (Å²) in [7, 11) is -5.77. The number of aliphatic hydroxyl groups is 1. The van der Waals surface area contributed by atoms with E-state index in [1.165, 1.54) is 12.3 Å². The lowest BCUT2D eigenvalue weighted by Crippen LogP contribution is -2.26. The maximum Gasteiger partial charge on any atom is 0.534 e. The number of benzene rings is 6. The molecule has 1 aliphatic rings. The Bertz CT molecular complexity index is 2450. The lowest BCUT2D eigenvalue weighted by Gasteiger charge is -2.34. The SMILES string of the molecule is C/C(OS(=O)(=O)C(F)(F)F)=C1/CC[C@@H](c2ccccc2)O[C@H]1c1ccc2ccccc2c1.CC#CCCC(O)c1ccccc1.O=Cc1ccc2ccccc2c1. The van der Waals surface area contributed by atoms with Crippen LogP contribution in [0.3, 0.4) is 0 Å². The van der Waals surface area contributed by atoms with E-state index in [0.29, 0.717) is 30.4 Å². The molecule has 1 N–H and O–H groups in total. The highest BCUT2D eigenvalue weighted by atomic mass is 32.2. The van der Waals surface area contributed by atoms with Crippen LogP contribution in [0.5, 0.6) is 0 Å². The molecule has 1 unspecified atom stereocenters. The molecule has 1 fully saturated rings. The van der Waals surface area contributed by atoms with Crippen molar-refractivity contribution in [3.63, 3.8) is 0 Å². The van der Waals surface area contributed by atoms with E-state index in [2.05, 4.69) is 16.0 Å². The molecule has 0 aromatic heterocycles. The number of carbonyl (C=O) groups excluding carboxylic acids is 1. The summed E-state index contributed by atoms with van der Waals surface area (Å²) in [5.41, 5.74) is -1.77. The zero-order valence-electron chi connectivity index (χ0n) is 31.5. The van der Waals surface area contributed by atoms with E-state index in [-0.39, 0.29) is 18.0 Å². The number of fused-ring (bicyclic) bond motifs is 2. The minimum atomic E-state index is -5.77. The van der Waals surface area contributed by atoms with E-state index in [9.17, 15) is 31.5 Å². The summed E-state index contributed by atoms with van der Waals surface area (Å²) >= 11 is 0. The topological polar surface area (TPSA) is 89.9 Å². The third-order valence-electron chi connectivity index (χ3n) is 9.32. The van der Waals surface area contributed by atoms with Gasteiger partial charge in [0, 0.05) is 17.6 Å². The Hall–Kier alpha value is -5.73. The number of rotatable bonds is 8. The van der Waals surface area contributed by atoms with E-state index in [1.54, 1.807) is 0 Å². The summed E-state index contributed by atoms with van der Waals surface area (Å²) < 4.78 is 72.6. The lowest BCUT2D eigenvalue weighted by molar-refractivity contribution is -0.0530. The van der Waals surface area contributed by atoms with Crippen LogP contribution in [0.4, 0.5) is 13.2 Å².